The number of halogens is 2. The fraction of sp³-hybridized carbons (Fsp3) is 0.0714. The lowest BCUT2D eigenvalue weighted by Gasteiger charge is -2.05. The van der Waals surface area contributed by atoms with Gasteiger partial charge in [0.1, 0.15) is 0 Å². The second kappa shape index (κ2) is 5.55. The number of carbonyl (C=O) groups excluding carboxylic acids is 1. The van der Waals surface area contributed by atoms with Crippen LogP contribution in [0.25, 0.3) is 0 Å². The minimum Gasteiger partial charge on any atom is -0.399 e. The molecule has 2 aromatic rings. The minimum absolute atomic E-state index is 0.00361. The molecule has 0 atom stereocenters. The van der Waals surface area contributed by atoms with Gasteiger partial charge in [-0.15, -0.1) is 0 Å². The number of benzene rings is 2. The zero-order valence-electron chi connectivity index (χ0n) is 9.49. The van der Waals surface area contributed by atoms with Crippen LogP contribution in [0.2, 0.25) is 5.02 Å². The molecule has 0 bridgehead atoms. The van der Waals surface area contributed by atoms with E-state index in [4.69, 9.17) is 17.3 Å². The quantitative estimate of drug-likeness (QED) is 0.682. The topological polar surface area (TPSA) is 43.1 Å². The van der Waals surface area contributed by atoms with Crippen molar-refractivity contribution < 1.29 is 4.79 Å². The number of ketones is 1. The van der Waals surface area contributed by atoms with Crippen LogP contribution in [0.3, 0.4) is 0 Å². The minimum atomic E-state index is -0.00361. The van der Waals surface area contributed by atoms with Crippen LogP contribution in [0.5, 0.6) is 0 Å². The summed E-state index contributed by atoms with van der Waals surface area (Å²) in [6.45, 7) is 0. The van der Waals surface area contributed by atoms with Crippen molar-refractivity contribution in [3.05, 3.63) is 63.1 Å². The fourth-order valence-electron chi connectivity index (χ4n) is 1.69. The summed E-state index contributed by atoms with van der Waals surface area (Å²) >= 11 is 9.36. The van der Waals surface area contributed by atoms with Crippen molar-refractivity contribution in [2.45, 2.75) is 6.42 Å². The SMILES string of the molecule is Nc1cc(Br)cc(C(=O)Cc2ccccc2Cl)c1. The van der Waals surface area contributed by atoms with E-state index in [2.05, 4.69) is 15.9 Å². The molecule has 0 fully saturated rings. The van der Waals surface area contributed by atoms with Gasteiger partial charge in [0.15, 0.2) is 5.78 Å². The predicted molar refractivity (Wildman–Crippen MR) is 78.0 cm³/mol. The first kappa shape index (κ1) is 13.1. The van der Waals surface area contributed by atoms with E-state index in [1.54, 1.807) is 24.3 Å². The zero-order chi connectivity index (χ0) is 13.1. The molecule has 0 spiro atoms. The lowest BCUT2D eigenvalue weighted by Crippen LogP contribution is -2.04. The highest BCUT2D eigenvalue weighted by atomic mass is 79.9. The van der Waals surface area contributed by atoms with Crippen molar-refractivity contribution in [2.75, 3.05) is 5.73 Å². The summed E-state index contributed by atoms with van der Waals surface area (Å²) in [6, 6.07) is 12.5. The zero-order valence-corrected chi connectivity index (χ0v) is 11.8. The highest BCUT2D eigenvalue weighted by Crippen LogP contribution is 2.21. The molecule has 4 heteroatoms. The van der Waals surface area contributed by atoms with Gasteiger partial charge in [-0.05, 0) is 29.8 Å². The molecule has 0 heterocycles. The van der Waals surface area contributed by atoms with Crippen molar-refractivity contribution >= 4 is 39.0 Å². The standard InChI is InChI=1S/C14H11BrClNO/c15-11-5-10(6-12(17)8-11)14(18)7-9-3-1-2-4-13(9)16/h1-6,8H,7,17H2. The van der Waals surface area contributed by atoms with Crippen LogP contribution < -0.4 is 5.73 Å². The van der Waals surface area contributed by atoms with Crippen LogP contribution in [0, 0.1) is 0 Å². The van der Waals surface area contributed by atoms with Gasteiger partial charge in [-0.2, -0.15) is 0 Å². The van der Waals surface area contributed by atoms with E-state index in [9.17, 15) is 4.79 Å². The maximum Gasteiger partial charge on any atom is 0.167 e. The Kier molecular flexibility index (Phi) is 4.04. The summed E-state index contributed by atoms with van der Waals surface area (Å²) in [6.07, 6.45) is 0.273. The first-order valence-electron chi connectivity index (χ1n) is 5.39. The summed E-state index contributed by atoms with van der Waals surface area (Å²) in [7, 11) is 0. The molecule has 0 aliphatic heterocycles. The third kappa shape index (κ3) is 3.12. The lowest BCUT2D eigenvalue weighted by molar-refractivity contribution is 0.0993. The van der Waals surface area contributed by atoms with E-state index in [-0.39, 0.29) is 12.2 Å². The summed E-state index contributed by atoms with van der Waals surface area (Å²) in [5, 5.41) is 0.605. The van der Waals surface area contributed by atoms with Crippen LogP contribution in [0.15, 0.2) is 46.9 Å². The number of carbonyl (C=O) groups is 1. The number of nitrogen functional groups attached to an aromatic ring is 1. The molecule has 0 amide bonds. The smallest absolute Gasteiger partial charge is 0.167 e. The number of hydrogen-bond acceptors (Lipinski definition) is 2. The van der Waals surface area contributed by atoms with Gasteiger partial charge < -0.3 is 5.73 Å². The van der Waals surface area contributed by atoms with Gasteiger partial charge in [0.05, 0.1) is 0 Å². The van der Waals surface area contributed by atoms with Crippen molar-refractivity contribution in [1.82, 2.24) is 0 Å². The first-order chi connectivity index (χ1) is 8.56. The average Bonchev–Trinajstić information content (AvgIpc) is 2.31. The van der Waals surface area contributed by atoms with E-state index < -0.39 is 0 Å². The molecule has 2 aromatic carbocycles. The van der Waals surface area contributed by atoms with Crippen LogP contribution in [-0.4, -0.2) is 5.78 Å². The van der Waals surface area contributed by atoms with Gasteiger partial charge in [0, 0.05) is 27.2 Å². The third-order valence-corrected chi connectivity index (χ3v) is 3.38. The van der Waals surface area contributed by atoms with Crippen LogP contribution in [0.4, 0.5) is 5.69 Å². The molecule has 0 saturated heterocycles. The molecule has 18 heavy (non-hydrogen) atoms. The molecule has 2 N–H and O–H groups in total. The van der Waals surface area contributed by atoms with Gasteiger partial charge in [-0.25, -0.2) is 0 Å². The predicted octanol–water partition coefficient (Wildman–Crippen LogP) is 4.11. The highest BCUT2D eigenvalue weighted by Gasteiger charge is 2.10. The van der Waals surface area contributed by atoms with E-state index in [1.165, 1.54) is 0 Å². The molecule has 0 radical (unpaired) electrons. The molecule has 92 valence electrons. The highest BCUT2D eigenvalue weighted by molar-refractivity contribution is 9.10. The van der Waals surface area contributed by atoms with Gasteiger partial charge in [0.2, 0.25) is 0 Å². The second-order valence-corrected chi connectivity index (χ2v) is 5.29. The number of nitrogens with two attached hydrogens (primary N) is 1. The Morgan fingerprint density at radius 3 is 2.61 bits per heavy atom. The molecule has 0 aromatic heterocycles. The first-order valence-corrected chi connectivity index (χ1v) is 6.56. The summed E-state index contributed by atoms with van der Waals surface area (Å²) in [5.74, 6) is -0.00361. The maximum absolute atomic E-state index is 12.1. The Hall–Kier alpha value is -1.32. The largest absolute Gasteiger partial charge is 0.399 e. The second-order valence-electron chi connectivity index (χ2n) is 3.96. The number of hydrogen-bond donors (Lipinski definition) is 1. The van der Waals surface area contributed by atoms with Crippen LogP contribution in [-0.2, 0) is 6.42 Å². The Morgan fingerprint density at radius 1 is 1.22 bits per heavy atom. The van der Waals surface area contributed by atoms with Crippen molar-refractivity contribution in [3.8, 4) is 0 Å². The Morgan fingerprint density at radius 2 is 1.94 bits per heavy atom. The summed E-state index contributed by atoms with van der Waals surface area (Å²) in [4.78, 5) is 12.1. The van der Waals surface area contributed by atoms with Crippen molar-refractivity contribution in [2.24, 2.45) is 0 Å². The molecule has 0 saturated carbocycles. The van der Waals surface area contributed by atoms with Crippen LogP contribution >= 0.6 is 27.5 Å². The van der Waals surface area contributed by atoms with Gasteiger partial charge in [-0.3, -0.25) is 4.79 Å². The van der Waals surface area contributed by atoms with Gasteiger partial charge in [-0.1, -0.05) is 45.7 Å². The molecule has 2 rings (SSSR count). The fourth-order valence-corrected chi connectivity index (χ4v) is 2.40. The normalized spacial score (nSPS) is 10.3. The monoisotopic (exact) mass is 323 g/mol. The number of anilines is 1. The van der Waals surface area contributed by atoms with Crippen molar-refractivity contribution in [1.29, 1.82) is 0 Å². The Labute approximate surface area is 119 Å². The molecule has 0 aliphatic rings. The van der Waals surface area contributed by atoms with Crippen LogP contribution in [0.1, 0.15) is 15.9 Å². The van der Waals surface area contributed by atoms with E-state index in [0.717, 1.165) is 10.0 Å². The third-order valence-electron chi connectivity index (χ3n) is 2.55. The summed E-state index contributed by atoms with van der Waals surface area (Å²) in [5.41, 5.74) is 7.68. The van der Waals surface area contributed by atoms with E-state index in [1.807, 2.05) is 18.2 Å². The van der Waals surface area contributed by atoms with Gasteiger partial charge >= 0.3 is 0 Å². The molecule has 2 nitrogen and oxygen atoms in total. The van der Waals surface area contributed by atoms with E-state index in [0.29, 0.717) is 16.3 Å². The lowest BCUT2D eigenvalue weighted by atomic mass is 10.0. The van der Waals surface area contributed by atoms with Crippen molar-refractivity contribution in [3.63, 3.8) is 0 Å². The Balaban J connectivity index is 2.25. The summed E-state index contributed by atoms with van der Waals surface area (Å²) < 4.78 is 0.796. The molecule has 0 aliphatic carbocycles. The Bertz CT molecular complexity index is 578. The molecular formula is C14H11BrClNO. The molecular weight excluding hydrogens is 314 g/mol. The number of rotatable bonds is 3. The maximum atomic E-state index is 12.1. The van der Waals surface area contributed by atoms with Gasteiger partial charge in [0.25, 0.3) is 0 Å². The average molecular weight is 325 g/mol. The molecule has 0 unspecified atom stereocenters. The van der Waals surface area contributed by atoms with E-state index >= 15 is 0 Å². The number of Topliss-reactive ketones (excluding diaryl/α,β-unsaturated/α-hetero) is 1.